The zero-order valence-corrected chi connectivity index (χ0v) is 17.3. The van der Waals surface area contributed by atoms with Gasteiger partial charge in [-0.05, 0) is 36.8 Å². The largest absolute Gasteiger partial charge is 0.0767 e. The Balaban J connectivity index is 1.91. The van der Waals surface area contributed by atoms with E-state index in [0.717, 1.165) is 0 Å². The second-order valence-corrected chi connectivity index (χ2v) is 8.69. The monoisotopic (exact) mass is 350 g/mol. The van der Waals surface area contributed by atoms with Gasteiger partial charge in [0.25, 0.3) is 0 Å². The maximum atomic E-state index is 2.62. The molecule has 1 aromatic rings. The molecule has 0 N–H and O–H groups in total. The van der Waals surface area contributed by atoms with E-state index in [-0.39, 0.29) is 0 Å². The lowest BCUT2D eigenvalue weighted by Crippen LogP contribution is -2.32. The summed E-state index contributed by atoms with van der Waals surface area (Å²) < 4.78 is 0. The Kier molecular flexibility index (Phi) is 6.79. The molecule has 0 fully saturated rings. The van der Waals surface area contributed by atoms with Crippen LogP contribution < -0.4 is 0 Å². The van der Waals surface area contributed by atoms with E-state index in [1.807, 2.05) is 0 Å². The van der Waals surface area contributed by atoms with Crippen molar-refractivity contribution >= 4 is 0 Å². The summed E-state index contributed by atoms with van der Waals surface area (Å²) in [5.74, 6) is 1.28. The molecule has 2 aliphatic carbocycles. The van der Waals surface area contributed by atoms with Gasteiger partial charge in [-0.2, -0.15) is 0 Å². The summed E-state index contributed by atoms with van der Waals surface area (Å²) >= 11 is 0. The van der Waals surface area contributed by atoms with Gasteiger partial charge in [0.05, 0.1) is 0 Å². The summed E-state index contributed by atoms with van der Waals surface area (Å²) in [7, 11) is 0. The van der Waals surface area contributed by atoms with Gasteiger partial charge in [-0.1, -0.05) is 113 Å². The van der Waals surface area contributed by atoms with Gasteiger partial charge >= 0.3 is 0 Å². The van der Waals surface area contributed by atoms with Crippen LogP contribution in [0.15, 0.2) is 48.1 Å². The first-order chi connectivity index (χ1) is 12.7. The molecule has 0 saturated carbocycles. The number of allylic oxidation sites excluding steroid dienone is 4. The van der Waals surface area contributed by atoms with Crippen molar-refractivity contribution in [2.45, 2.75) is 96.3 Å². The summed E-state index contributed by atoms with van der Waals surface area (Å²) in [4.78, 5) is 0. The molecule has 142 valence electrons. The second kappa shape index (κ2) is 9.07. The third kappa shape index (κ3) is 3.85. The molecule has 0 radical (unpaired) electrons. The number of benzene rings is 1. The molecule has 0 heterocycles. The predicted molar refractivity (Wildman–Crippen MR) is 115 cm³/mol. The average molecular weight is 351 g/mol. The molecule has 0 saturated heterocycles. The summed E-state index contributed by atoms with van der Waals surface area (Å²) in [6.45, 7) is 6.92. The molecule has 3 rings (SSSR count). The van der Waals surface area contributed by atoms with Crippen LogP contribution in [0.5, 0.6) is 0 Å². The van der Waals surface area contributed by atoms with E-state index in [2.05, 4.69) is 63.3 Å². The van der Waals surface area contributed by atoms with Gasteiger partial charge in [0.2, 0.25) is 0 Å². The Morgan fingerprint density at radius 1 is 0.846 bits per heavy atom. The van der Waals surface area contributed by atoms with Crippen molar-refractivity contribution in [3.05, 3.63) is 59.2 Å². The Bertz CT molecular complexity index is 621. The van der Waals surface area contributed by atoms with Crippen molar-refractivity contribution in [3.63, 3.8) is 0 Å². The molecule has 0 amide bonds. The maximum absolute atomic E-state index is 2.62. The van der Waals surface area contributed by atoms with E-state index in [1.165, 1.54) is 69.8 Å². The number of hydrogen-bond donors (Lipinski definition) is 0. The topological polar surface area (TPSA) is 0 Å². The van der Waals surface area contributed by atoms with Gasteiger partial charge in [0, 0.05) is 11.3 Å². The van der Waals surface area contributed by atoms with Crippen molar-refractivity contribution in [1.29, 1.82) is 0 Å². The lowest BCUT2D eigenvalue weighted by Gasteiger charge is -2.38. The second-order valence-electron chi connectivity index (χ2n) is 8.69. The number of unbranched alkanes of at least 4 members (excludes halogenated alkanes) is 6. The van der Waals surface area contributed by atoms with E-state index in [9.17, 15) is 0 Å². The zero-order valence-electron chi connectivity index (χ0n) is 17.3. The van der Waals surface area contributed by atoms with Crippen molar-refractivity contribution < 1.29 is 0 Å². The van der Waals surface area contributed by atoms with Crippen LogP contribution in [0.4, 0.5) is 0 Å². The SMILES string of the molecule is CCCCCCC1(CCCCCC)c2ccccc2C2C=CC(C)=CC21. The lowest BCUT2D eigenvalue weighted by atomic mass is 9.65. The third-order valence-electron chi connectivity index (χ3n) is 6.84. The first-order valence-electron chi connectivity index (χ1n) is 11.2. The lowest BCUT2D eigenvalue weighted by molar-refractivity contribution is 0.263. The summed E-state index contributed by atoms with van der Waals surface area (Å²) in [6.07, 6.45) is 21.2. The van der Waals surface area contributed by atoms with Crippen LogP contribution in [0, 0.1) is 5.92 Å². The molecule has 2 atom stereocenters. The molecule has 1 aromatic carbocycles. The van der Waals surface area contributed by atoms with E-state index >= 15 is 0 Å². The fourth-order valence-electron chi connectivity index (χ4n) is 5.50. The smallest absolute Gasteiger partial charge is 0.00957 e. The fourth-order valence-corrected chi connectivity index (χ4v) is 5.50. The Morgan fingerprint density at radius 2 is 1.50 bits per heavy atom. The van der Waals surface area contributed by atoms with Gasteiger partial charge in [0.15, 0.2) is 0 Å². The van der Waals surface area contributed by atoms with Gasteiger partial charge < -0.3 is 0 Å². The first-order valence-corrected chi connectivity index (χ1v) is 11.2. The molecule has 0 heteroatoms. The minimum Gasteiger partial charge on any atom is -0.0767 e. The molecular formula is C26H38. The highest BCUT2D eigenvalue weighted by Crippen LogP contribution is 2.58. The van der Waals surface area contributed by atoms with Crippen LogP contribution in [-0.4, -0.2) is 0 Å². The average Bonchev–Trinajstić information content (AvgIpc) is 2.92. The van der Waals surface area contributed by atoms with E-state index in [4.69, 9.17) is 0 Å². The highest BCUT2D eigenvalue weighted by Gasteiger charge is 2.49. The van der Waals surface area contributed by atoms with Crippen LogP contribution in [0.25, 0.3) is 0 Å². The first kappa shape index (κ1) is 19.5. The van der Waals surface area contributed by atoms with Crippen LogP contribution >= 0.6 is 0 Å². The highest BCUT2D eigenvalue weighted by molar-refractivity contribution is 5.51. The molecule has 26 heavy (non-hydrogen) atoms. The van der Waals surface area contributed by atoms with E-state index < -0.39 is 0 Å². The molecule has 0 aliphatic heterocycles. The third-order valence-corrected chi connectivity index (χ3v) is 6.84. The standard InChI is InChI=1S/C26H38/c1-4-6-8-12-18-26(19-13-9-7-5-2)24-15-11-10-14-22(24)23-17-16-21(3)20-25(23)26/h10-11,14-17,20,23,25H,4-9,12-13,18-19H2,1-3H3. The van der Waals surface area contributed by atoms with Crippen molar-refractivity contribution in [3.8, 4) is 0 Å². The van der Waals surface area contributed by atoms with E-state index in [1.54, 1.807) is 11.1 Å². The van der Waals surface area contributed by atoms with Crippen molar-refractivity contribution in [2.24, 2.45) is 5.92 Å². The number of rotatable bonds is 10. The van der Waals surface area contributed by atoms with Crippen molar-refractivity contribution in [2.75, 3.05) is 0 Å². The minimum absolute atomic E-state index is 0.370. The molecule has 2 aliphatic rings. The van der Waals surface area contributed by atoms with Crippen LogP contribution in [0.3, 0.4) is 0 Å². The molecule has 0 spiro atoms. The Morgan fingerprint density at radius 3 is 2.15 bits per heavy atom. The van der Waals surface area contributed by atoms with Crippen LogP contribution in [0.1, 0.15) is 102 Å². The van der Waals surface area contributed by atoms with Gasteiger partial charge in [0.1, 0.15) is 0 Å². The fraction of sp³-hybridized carbons (Fsp3) is 0.615. The van der Waals surface area contributed by atoms with Crippen LogP contribution in [-0.2, 0) is 5.41 Å². The van der Waals surface area contributed by atoms with Gasteiger partial charge in [-0.3, -0.25) is 0 Å². The highest BCUT2D eigenvalue weighted by atomic mass is 14.5. The van der Waals surface area contributed by atoms with Crippen LogP contribution in [0.2, 0.25) is 0 Å². The normalized spacial score (nSPS) is 22.8. The number of fused-ring (bicyclic) bond motifs is 3. The number of hydrogen-bond acceptors (Lipinski definition) is 0. The minimum atomic E-state index is 0.370. The molecule has 0 nitrogen and oxygen atoms in total. The molecule has 0 aromatic heterocycles. The zero-order chi connectivity index (χ0) is 18.4. The maximum Gasteiger partial charge on any atom is 0.00957 e. The molecular weight excluding hydrogens is 312 g/mol. The Hall–Kier alpha value is -1.30. The van der Waals surface area contributed by atoms with Crippen molar-refractivity contribution in [1.82, 2.24) is 0 Å². The molecule has 0 bridgehead atoms. The summed E-state index contributed by atoms with van der Waals surface area (Å²) in [5.41, 5.74) is 5.13. The Labute approximate surface area is 161 Å². The van der Waals surface area contributed by atoms with E-state index in [0.29, 0.717) is 17.3 Å². The quantitative estimate of drug-likeness (QED) is 0.374. The molecule has 2 unspecified atom stereocenters. The van der Waals surface area contributed by atoms with Gasteiger partial charge in [-0.15, -0.1) is 0 Å². The van der Waals surface area contributed by atoms with Gasteiger partial charge in [-0.25, -0.2) is 0 Å². The predicted octanol–water partition coefficient (Wildman–Crippen LogP) is 8.09. The summed E-state index contributed by atoms with van der Waals surface area (Å²) in [6, 6.07) is 9.40. The summed E-state index contributed by atoms with van der Waals surface area (Å²) in [5, 5.41) is 0.